The maximum absolute atomic E-state index is 13.2. The number of benzene rings is 3. The summed E-state index contributed by atoms with van der Waals surface area (Å²) in [4.78, 5) is 28.1. The third-order valence-electron chi connectivity index (χ3n) is 5.93. The Bertz CT molecular complexity index is 1070. The molecule has 1 aliphatic heterocycles. The van der Waals surface area contributed by atoms with Crippen LogP contribution in [-0.2, 0) is 11.3 Å². The maximum Gasteiger partial charge on any atom is 0.254 e. The Morgan fingerprint density at radius 3 is 2.32 bits per heavy atom. The van der Waals surface area contributed by atoms with E-state index in [1.165, 1.54) is 12.1 Å². The molecule has 31 heavy (non-hydrogen) atoms. The molecule has 1 aliphatic rings. The van der Waals surface area contributed by atoms with Crippen LogP contribution in [0.4, 0.5) is 4.39 Å². The van der Waals surface area contributed by atoms with Crippen molar-refractivity contribution >= 4 is 11.8 Å². The maximum atomic E-state index is 13.2. The molecule has 0 spiro atoms. The van der Waals surface area contributed by atoms with Crippen LogP contribution in [0.2, 0.25) is 0 Å². The Morgan fingerprint density at radius 2 is 1.61 bits per heavy atom. The number of aryl methyl sites for hydroxylation is 1. The van der Waals surface area contributed by atoms with Gasteiger partial charge >= 0.3 is 0 Å². The first-order chi connectivity index (χ1) is 15.0. The van der Waals surface area contributed by atoms with Gasteiger partial charge in [0.1, 0.15) is 5.82 Å². The van der Waals surface area contributed by atoms with Crippen LogP contribution in [0, 0.1) is 18.7 Å². The lowest BCUT2D eigenvalue weighted by Crippen LogP contribution is -2.35. The highest BCUT2D eigenvalue weighted by molar-refractivity contribution is 5.96. The van der Waals surface area contributed by atoms with Gasteiger partial charge < -0.3 is 10.2 Å². The summed E-state index contributed by atoms with van der Waals surface area (Å²) >= 11 is 0. The lowest BCUT2D eigenvalue weighted by atomic mass is 9.88. The van der Waals surface area contributed by atoms with E-state index < -0.39 is 0 Å². The summed E-state index contributed by atoms with van der Waals surface area (Å²) < 4.78 is 13.1. The number of nitrogens with zero attached hydrogens (tertiary/aromatic N) is 1. The number of nitrogens with one attached hydrogen (secondary N) is 1. The number of hydrogen-bond donors (Lipinski definition) is 1. The zero-order valence-corrected chi connectivity index (χ0v) is 17.4. The predicted molar refractivity (Wildman–Crippen MR) is 118 cm³/mol. The highest BCUT2D eigenvalue weighted by Gasteiger charge is 2.40. The molecule has 5 heteroatoms. The van der Waals surface area contributed by atoms with E-state index >= 15 is 0 Å². The van der Waals surface area contributed by atoms with Crippen LogP contribution in [0.5, 0.6) is 0 Å². The van der Waals surface area contributed by atoms with Gasteiger partial charge in [-0.25, -0.2) is 4.39 Å². The molecule has 0 aliphatic carbocycles. The van der Waals surface area contributed by atoms with E-state index in [1.807, 2.05) is 61.5 Å². The fourth-order valence-electron chi connectivity index (χ4n) is 4.18. The van der Waals surface area contributed by atoms with Crippen molar-refractivity contribution < 1.29 is 14.0 Å². The normalized spacial score (nSPS) is 18.1. The van der Waals surface area contributed by atoms with Gasteiger partial charge in [0.05, 0.1) is 5.92 Å². The van der Waals surface area contributed by atoms with Crippen molar-refractivity contribution in [2.24, 2.45) is 5.92 Å². The molecule has 3 aromatic carbocycles. The summed E-state index contributed by atoms with van der Waals surface area (Å²) in [6.07, 6.45) is 0. The first-order valence-corrected chi connectivity index (χ1v) is 10.4. The second kappa shape index (κ2) is 9.13. The first-order valence-electron chi connectivity index (χ1n) is 10.4. The molecule has 1 saturated heterocycles. The molecule has 0 aromatic heterocycles. The topological polar surface area (TPSA) is 49.4 Å². The lowest BCUT2D eigenvalue weighted by Gasteiger charge is -2.18. The Kier molecular flexibility index (Phi) is 6.12. The van der Waals surface area contributed by atoms with Crippen molar-refractivity contribution in [1.82, 2.24) is 10.2 Å². The van der Waals surface area contributed by atoms with E-state index in [0.717, 1.165) is 16.7 Å². The Balaban J connectivity index is 1.53. The zero-order valence-electron chi connectivity index (χ0n) is 17.4. The lowest BCUT2D eigenvalue weighted by molar-refractivity contribution is -0.125. The Labute approximate surface area is 181 Å². The molecular formula is C26H25FN2O2. The predicted octanol–water partition coefficient (Wildman–Crippen LogP) is 4.31. The van der Waals surface area contributed by atoms with Crippen molar-refractivity contribution in [3.05, 3.63) is 107 Å². The van der Waals surface area contributed by atoms with Gasteiger partial charge in [-0.05, 0) is 41.8 Å². The van der Waals surface area contributed by atoms with Gasteiger partial charge in [0.25, 0.3) is 5.91 Å². The molecule has 158 valence electrons. The van der Waals surface area contributed by atoms with Gasteiger partial charge in [-0.15, -0.1) is 0 Å². The van der Waals surface area contributed by atoms with Gasteiger partial charge in [0.15, 0.2) is 0 Å². The minimum absolute atomic E-state index is 0.0483. The molecule has 0 bridgehead atoms. The average Bonchev–Trinajstić information content (AvgIpc) is 3.25. The molecule has 0 radical (unpaired) electrons. The van der Waals surface area contributed by atoms with Crippen LogP contribution in [0.3, 0.4) is 0 Å². The molecule has 0 unspecified atom stereocenters. The smallest absolute Gasteiger partial charge is 0.254 e. The van der Waals surface area contributed by atoms with E-state index in [9.17, 15) is 14.0 Å². The number of carbonyl (C=O) groups excluding carboxylic acids is 2. The third-order valence-corrected chi connectivity index (χ3v) is 5.93. The van der Waals surface area contributed by atoms with Crippen molar-refractivity contribution in [3.8, 4) is 0 Å². The molecule has 1 N–H and O–H groups in total. The van der Waals surface area contributed by atoms with Crippen LogP contribution in [0.25, 0.3) is 0 Å². The second-order valence-corrected chi connectivity index (χ2v) is 7.99. The Morgan fingerprint density at radius 1 is 0.935 bits per heavy atom. The largest absolute Gasteiger partial charge is 0.352 e. The first kappa shape index (κ1) is 20.8. The SMILES string of the molecule is Cc1ccccc1C(=O)N1C[C@H](C(=O)NCc2ccc(F)cc2)[C@@H](c2ccccc2)C1. The van der Waals surface area contributed by atoms with E-state index in [4.69, 9.17) is 0 Å². The van der Waals surface area contributed by atoms with Gasteiger partial charge in [-0.3, -0.25) is 9.59 Å². The van der Waals surface area contributed by atoms with Gasteiger partial charge in [0.2, 0.25) is 5.91 Å². The van der Waals surface area contributed by atoms with E-state index in [1.54, 1.807) is 17.0 Å². The number of halogens is 1. The monoisotopic (exact) mass is 416 g/mol. The van der Waals surface area contributed by atoms with Gasteiger partial charge in [-0.2, -0.15) is 0 Å². The molecule has 3 aromatic rings. The van der Waals surface area contributed by atoms with Gasteiger partial charge in [0, 0.05) is 31.1 Å². The highest BCUT2D eigenvalue weighted by atomic mass is 19.1. The molecule has 2 amide bonds. The van der Waals surface area contributed by atoms with Crippen LogP contribution in [0.1, 0.15) is 33.0 Å². The number of carbonyl (C=O) groups is 2. The van der Waals surface area contributed by atoms with E-state index in [2.05, 4.69) is 5.32 Å². The van der Waals surface area contributed by atoms with Crippen molar-refractivity contribution in [2.75, 3.05) is 13.1 Å². The van der Waals surface area contributed by atoms with E-state index in [0.29, 0.717) is 25.2 Å². The zero-order chi connectivity index (χ0) is 21.8. The summed E-state index contributed by atoms with van der Waals surface area (Å²) in [6.45, 7) is 3.10. The summed E-state index contributed by atoms with van der Waals surface area (Å²) in [5.74, 6) is -0.885. The number of amides is 2. The summed E-state index contributed by atoms with van der Waals surface area (Å²) in [6, 6.07) is 23.5. The minimum Gasteiger partial charge on any atom is -0.352 e. The molecular weight excluding hydrogens is 391 g/mol. The van der Waals surface area contributed by atoms with E-state index in [-0.39, 0.29) is 29.5 Å². The Hall–Kier alpha value is -3.47. The fourth-order valence-corrected chi connectivity index (χ4v) is 4.18. The molecule has 1 heterocycles. The second-order valence-electron chi connectivity index (χ2n) is 7.99. The fraction of sp³-hybridized carbons (Fsp3) is 0.231. The molecule has 0 saturated carbocycles. The molecule has 2 atom stereocenters. The molecule has 1 fully saturated rings. The highest BCUT2D eigenvalue weighted by Crippen LogP contribution is 2.34. The number of hydrogen-bond acceptors (Lipinski definition) is 2. The summed E-state index contributed by atoms with van der Waals surface area (Å²) in [7, 11) is 0. The quantitative estimate of drug-likeness (QED) is 0.674. The number of likely N-dealkylation sites (tertiary alicyclic amines) is 1. The van der Waals surface area contributed by atoms with Crippen LogP contribution >= 0.6 is 0 Å². The standard InChI is InChI=1S/C26H25FN2O2/c1-18-7-5-6-10-22(18)26(31)29-16-23(20-8-3-2-4-9-20)24(17-29)25(30)28-15-19-11-13-21(27)14-12-19/h2-14,23-24H,15-17H2,1H3,(H,28,30)/t23-,24+/m1/s1. The number of rotatable bonds is 5. The summed E-state index contributed by atoms with van der Waals surface area (Å²) in [5, 5.41) is 2.97. The van der Waals surface area contributed by atoms with Crippen LogP contribution in [0.15, 0.2) is 78.9 Å². The molecule has 4 nitrogen and oxygen atoms in total. The van der Waals surface area contributed by atoms with Gasteiger partial charge in [-0.1, -0.05) is 60.7 Å². The van der Waals surface area contributed by atoms with Crippen molar-refractivity contribution in [1.29, 1.82) is 0 Å². The van der Waals surface area contributed by atoms with Crippen molar-refractivity contribution in [3.63, 3.8) is 0 Å². The third kappa shape index (κ3) is 4.66. The van der Waals surface area contributed by atoms with Crippen molar-refractivity contribution in [2.45, 2.75) is 19.4 Å². The molecule has 4 rings (SSSR count). The van der Waals surface area contributed by atoms with Crippen LogP contribution in [-0.4, -0.2) is 29.8 Å². The average molecular weight is 416 g/mol. The minimum atomic E-state index is -0.351. The van der Waals surface area contributed by atoms with Crippen LogP contribution < -0.4 is 5.32 Å². The summed E-state index contributed by atoms with van der Waals surface area (Å²) in [5.41, 5.74) is 3.47.